The van der Waals surface area contributed by atoms with Gasteiger partial charge in [0.25, 0.3) is 0 Å². The Balaban J connectivity index is 1.46. The Bertz CT molecular complexity index is 549. The van der Waals surface area contributed by atoms with Gasteiger partial charge < -0.3 is 10.6 Å². The van der Waals surface area contributed by atoms with E-state index >= 15 is 0 Å². The molecule has 0 amide bonds. The largest absolute Gasteiger partial charge is 0.315 e. The van der Waals surface area contributed by atoms with Gasteiger partial charge in [-0.05, 0) is 24.0 Å². The van der Waals surface area contributed by atoms with Gasteiger partial charge in [0, 0.05) is 31.6 Å². The summed E-state index contributed by atoms with van der Waals surface area (Å²) in [5.74, 6) is 0.416. The minimum Gasteiger partial charge on any atom is -0.315 e. The Morgan fingerprint density at radius 1 is 0.692 bits per heavy atom. The van der Waals surface area contributed by atoms with Crippen LogP contribution in [0.25, 0.3) is 0 Å². The van der Waals surface area contributed by atoms with Crippen LogP contribution >= 0.6 is 0 Å². The summed E-state index contributed by atoms with van der Waals surface area (Å²) in [5.41, 5.74) is 2.78. The zero-order valence-electron chi connectivity index (χ0n) is 16.0. The maximum Gasteiger partial charge on any atom is 0.0214 e. The molecular weight excluding hydrogens is 316 g/mol. The van der Waals surface area contributed by atoms with Gasteiger partial charge in [-0.25, -0.2) is 0 Å². The molecule has 2 nitrogen and oxygen atoms in total. The Hall–Kier alpha value is -1.64. The van der Waals surface area contributed by atoms with E-state index in [0.717, 1.165) is 25.7 Å². The molecule has 2 aromatic rings. The van der Waals surface area contributed by atoms with Gasteiger partial charge >= 0.3 is 0 Å². The second-order valence-corrected chi connectivity index (χ2v) is 7.57. The van der Waals surface area contributed by atoms with Gasteiger partial charge in [0.2, 0.25) is 0 Å². The monoisotopic (exact) mass is 350 g/mol. The second-order valence-electron chi connectivity index (χ2n) is 7.57. The predicted molar refractivity (Wildman–Crippen MR) is 112 cm³/mol. The molecule has 0 saturated heterocycles. The number of nitrogens with one attached hydrogen (secondary N) is 2. The van der Waals surface area contributed by atoms with Crippen LogP contribution in [-0.2, 0) is 0 Å². The van der Waals surface area contributed by atoms with Crippen LogP contribution in [-0.4, -0.2) is 25.7 Å². The summed E-state index contributed by atoms with van der Waals surface area (Å²) < 4.78 is 0. The Labute approximate surface area is 159 Å². The fraction of sp³-hybridized carbons (Fsp3) is 0.500. The second kappa shape index (κ2) is 11.2. The lowest BCUT2D eigenvalue weighted by Gasteiger charge is -2.22. The van der Waals surface area contributed by atoms with Gasteiger partial charge in [0.1, 0.15) is 0 Å². The lowest BCUT2D eigenvalue weighted by Crippen LogP contribution is -2.36. The van der Waals surface area contributed by atoms with Crippen LogP contribution in [0.4, 0.5) is 0 Å². The molecule has 3 rings (SSSR count). The molecule has 0 heterocycles. The van der Waals surface area contributed by atoms with E-state index in [1.807, 2.05) is 0 Å². The van der Waals surface area contributed by atoms with Crippen LogP contribution in [0.3, 0.4) is 0 Å². The minimum atomic E-state index is 0.416. The Morgan fingerprint density at radius 3 is 1.81 bits per heavy atom. The fourth-order valence-electron chi connectivity index (χ4n) is 4.07. The Kier molecular flexibility index (Phi) is 8.21. The molecule has 1 aliphatic rings. The molecule has 2 aromatic carbocycles. The summed E-state index contributed by atoms with van der Waals surface area (Å²) in [6, 6.07) is 22.5. The van der Waals surface area contributed by atoms with Crippen molar-refractivity contribution in [1.29, 1.82) is 0 Å². The van der Waals surface area contributed by atoms with Crippen molar-refractivity contribution < 1.29 is 0 Å². The smallest absolute Gasteiger partial charge is 0.0214 e. The molecule has 26 heavy (non-hydrogen) atoms. The highest BCUT2D eigenvalue weighted by Crippen LogP contribution is 2.23. The van der Waals surface area contributed by atoms with Crippen LogP contribution in [0.2, 0.25) is 0 Å². The first-order chi connectivity index (χ1) is 12.9. The first kappa shape index (κ1) is 19.1. The summed E-state index contributed by atoms with van der Waals surface area (Å²) in [6.45, 7) is 3.09. The van der Waals surface area contributed by atoms with E-state index in [1.54, 1.807) is 0 Å². The van der Waals surface area contributed by atoms with Crippen LogP contribution in [0.15, 0.2) is 60.7 Å². The average Bonchev–Trinajstić information content (AvgIpc) is 2.67. The normalized spacial score (nSPS) is 16.3. The Morgan fingerprint density at radius 2 is 1.23 bits per heavy atom. The molecule has 0 radical (unpaired) electrons. The molecule has 2 heteroatoms. The first-order valence-electron chi connectivity index (χ1n) is 10.5. The third-order valence-electron chi connectivity index (χ3n) is 5.59. The third kappa shape index (κ3) is 6.26. The van der Waals surface area contributed by atoms with Gasteiger partial charge in [-0.15, -0.1) is 0 Å². The summed E-state index contributed by atoms with van der Waals surface area (Å²) in [5, 5.41) is 7.47. The van der Waals surface area contributed by atoms with Gasteiger partial charge in [-0.2, -0.15) is 0 Å². The zero-order chi connectivity index (χ0) is 17.9. The highest BCUT2D eigenvalue weighted by Gasteiger charge is 2.14. The van der Waals surface area contributed by atoms with Crippen LogP contribution in [0, 0.1) is 0 Å². The number of rotatable bonds is 8. The van der Waals surface area contributed by atoms with E-state index in [-0.39, 0.29) is 0 Å². The molecule has 1 aliphatic carbocycles. The van der Waals surface area contributed by atoms with Crippen molar-refractivity contribution >= 4 is 0 Å². The van der Waals surface area contributed by atoms with Crippen molar-refractivity contribution in [3.63, 3.8) is 0 Å². The SMILES string of the molecule is c1ccc(C(CNCCNC2CCCCCCC2)c2ccccc2)cc1. The van der Waals surface area contributed by atoms with Gasteiger partial charge in [-0.3, -0.25) is 0 Å². The van der Waals surface area contributed by atoms with Crippen molar-refractivity contribution in [3.05, 3.63) is 71.8 Å². The number of hydrogen-bond acceptors (Lipinski definition) is 2. The molecule has 1 fully saturated rings. The molecule has 140 valence electrons. The van der Waals surface area contributed by atoms with Crippen molar-refractivity contribution in [3.8, 4) is 0 Å². The van der Waals surface area contributed by atoms with Crippen molar-refractivity contribution in [2.45, 2.75) is 56.9 Å². The number of hydrogen-bond donors (Lipinski definition) is 2. The topological polar surface area (TPSA) is 24.1 Å². The first-order valence-corrected chi connectivity index (χ1v) is 10.5. The van der Waals surface area contributed by atoms with E-state index < -0.39 is 0 Å². The van der Waals surface area contributed by atoms with Crippen molar-refractivity contribution in [2.75, 3.05) is 19.6 Å². The fourth-order valence-corrected chi connectivity index (χ4v) is 4.07. The molecule has 0 bridgehead atoms. The molecule has 0 unspecified atom stereocenters. The predicted octanol–water partition coefficient (Wildman–Crippen LogP) is 5.11. The van der Waals surface area contributed by atoms with E-state index in [9.17, 15) is 0 Å². The summed E-state index contributed by atoms with van der Waals surface area (Å²) in [6.07, 6.45) is 9.80. The van der Waals surface area contributed by atoms with Crippen LogP contribution in [0.5, 0.6) is 0 Å². The van der Waals surface area contributed by atoms with Crippen LogP contribution in [0.1, 0.15) is 62.0 Å². The molecule has 0 spiro atoms. The van der Waals surface area contributed by atoms with E-state index in [4.69, 9.17) is 0 Å². The molecular formula is C24H34N2. The third-order valence-corrected chi connectivity index (χ3v) is 5.59. The molecule has 0 aliphatic heterocycles. The van der Waals surface area contributed by atoms with Gasteiger partial charge in [0.15, 0.2) is 0 Å². The molecule has 1 saturated carbocycles. The van der Waals surface area contributed by atoms with Gasteiger partial charge in [0.05, 0.1) is 0 Å². The summed E-state index contributed by atoms with van der Waals surface area (Å²) in [7, 11) is 0. The van der Waals surface area contributed by atoms with Crippen molar-refractivity contribution in [1.82, 2.24) is 10.6 Å². The summed E-state index contributed by atoms with van der Waals surface area (Å²) in [4.78, 5) is 0. The molecule has 0 aromatic heterocycles. The minimum absolute atomic E-state index is 0.416. The van der Waals surface area contributed by atoms with Crippen molar-refractivity contribution in [2.24, 2.45) is 0 Å². The quantitative estimate of drug-likeness (QED) is 0.646. The maximum absolute atomic E-state index is 3.78. The zero-order valence-corrected chi connectivity index (χ0v) is 16.0. The van der Waals surface area contributed by atoms with E-state index in [2.05, 4.69) is 71.3 Å². The standard InChI is InChI=1S/C24H34N2/c1-2-10-16-23(17-11-3-1)26-19-18-25-20-24(21-12-6-4-7-13-21)22-14-8-5-9-15-22/h4-9,12-15,23-26H,1-3,10-11,16-20H2. The van der Waals surface area contributed by atoms with Crippen LogP contribution < -0.4 is 10.6 Å². The highest BCUT2D eigenvalue weighted by atomic mass is 15.0. The van der Waals surface area contributed by atoms with E-state index in [1.165, 1.54) is 56.1 Å². The molecule has 0 atom stereocenters. The molecule has 2 N–H and O–H groups in total. The maximum atomic E-state index is 3.78. The van der Waals surface area contributed by atoms with E-state index in [0.29, 0.717) is 5.92 Å². The highest BCUT2D eigenvalue weighted by molar-refractivity contribution is 5.32. The van der Waals surface area contributed by atoms with Gasteiger partial charge in [-0.1, -0.05) is 92.8 Å². The number of benzene rings is 2. The summed E-state index contributed by atoms with van der Waals surface area (Å²) >= 11 is 0. The average molecular weight is 351 g/mol. The lowest BCUT2D eigenvalue weighted by molar-refractivity contribution is 0.388. The lowest BCUT2D eigenvalue weighted by atomic mass is 9.91.